The van der Waals surface area contributed by atoms with Crippen molar-refractivity contribution in [2.24, 2.45) is 0 Å². The summed E-state index contributed by atoms with van der Waals surface area (Å²) < 4.78 is 12.0. The fourth-order valence-corrected chi connectivity index (χ4v) is 3.61. The Hall–Kier alpha value is -3.04. The summed E-state index contributed by atoms with van der Waals surface area (Å²) in [5.74, 6) is 0.771. The highest BCUT2D eigenvalue weighted by Crippen LogP contribution is 2.41. The summed E-state index contributed by atoms with van der Waals surface area (Å²) in [4.78, 5) is 0. The van der Waals surface area contributed by atoms with E-state index in [4.69, 9.17) is 14.3 Å². The number of furan rings is 1. The summed E-state index contributed by atoms with van der Waals surface area (Å²) in [7, 11) is 0. The van der Waals surface area contributed by atoms with Gasteiger partial charge in [0.2, 0.25) is 0 Å². The highest BCUT2D eigenvalue weighted by molar-refractivity contribution is 6.24. The summed E-state index contributed by atoms with van der Waals surface area (Å²) in [5.41, 5.74) is 1.75. The van der Waals surface area contributed by atoms with E-state index < -0.39 is 0 Å². The molecule has 0 spiro atoms. The van der Waals surface area contributed by atoms with Gasteiger partial charge in [-0.15, -0.1) is 0 Å². The molecule has 0 atom stereocenters. The van der Waals surface area contributed by atoms with Crippen LogP contribution in [-0.2, 0) is 0 Å². The van der Waals surface area contributed by atoms with Gasteiger partial charge in [-0.3, -0.25) is 0 Å². The van der Waals surface area contributed by atoms with Gasteiger partial charge in [0.05, 0.1) is 6.61 Å². The average molecular weight is 328 g/mol. The van der Waals surface area contributed by atoms with Crippen LogP contribution in [0.25, 0.3) is 43.5 Å². The van der Waals surface area contributed by atoms with E-state index in [0.717, 1.165) is 49.2 Å². The van der Waals surface area contributed by atoms with Crippen molar-refractivity contribution in [1.29, 1.82) is 0 Å². The molecule has 0 radical (unpaired) electrons. The second kappa shape index (κ2) is 5.50. The maximum atomic E-state index is 9.12. The van der Waals surface area contributed by atoms with Gasteiger partial charge < -0.3 is 14.3 Å². The summed E-state index contributed by atoms with van der Waals surface area (Å²) >= 11 is 0. The molecule has 0 unspecified atom stereocenters. The van der Waals surface area contributed by atoms with Crippen molar-refractivity contribution in [3.63, 3.8) is 0 Å². The van der Waals surface area contributed by atoms with Gasteiger partial charge >= 0.3 is 0 Å². The normalized spacial score (nSPS) is 11.7. The van der Waals surface area contributed by atoms with Gasteiger partial charge in [-0.1, -0.05) is 48.5 Å². The standard InChI is InChI=1S/C22H16O3/c23-12-13-24-18-7-3-5-15-9-11-19-21(20(15)18)17-10-8-14-4-1-2-6-16(14)22(17)25-19/h1-11,23H,12-13H2. The van der Waals surface area contributed by atoms with E-state index in [-0.39, 0.29) is 13.2 Å². The van der Waals surface area contributed by atoms with Crippen LogP contribution in [0.5, 0.6) is 5.75 Å². The Morgan fingerprint density at radius 3 is 2.52 bits per heavy atom. The largest absolute Gasteiger partial charge is 0.491 e. The first-order valence-corrected chi connectivity index (χ1v) is 8.36. The molecular formula is C22H16O3. The molecular weight excluding hydrogens is 312 g/mol. The Kier molecular flexibility index (Phi) is 3.15. The smallest absolute Gasteiger partial charge is 0.143 e. The number of ether oxygens (including phenoxy) is 1. The number of hydrogen-bond acceptors (Lipinski definition) is 3. The highest BCUT2D eigenvalue weighted by Gasteiger charge is 2.15. The Labute approximate surface area is 144 Å². The molecule has 5 aromatic rings. The molecule has 0 aliphatic heterocycles. The SMILES string of the molecule is OCCOc1cccc2ccc3oc4c5ccccc5ccc4c3c12. The van der Waals surface area contributed by atoms with Crippen LogP contribution in [0.15, 0.2) is 71.1 Å². The van der Waals surface area contributed by atoms with Gasteiger partial charge in [-0.25, -0.2) is 0 Å². The first-order chi connectivity index (χ1) is 12.4. The first kappa shape index (κ1) is 14.3. The molecule has 0 fully saturated rings. The molecule has 1 heterocycles. The number of fused-ring (bicyclic) bond motifs is 7. The molecule has 3 nitrogen and oxygen atoms in total. The maximum Gasteiger partial charge on any atom is 0.143 e. The quantitative estimate of drug-likeness (QED) is 0.491. The molecule has 4 aromatic carbocycles. The number of rotatable bonds is 3. The Bertz CT molecular complexity index is 1230. The molecule has 1 aromatic heterocycles. The average Bonchev–Trinajstić information content (AvgIpc) is 3.05. The first-order valence-electron chi connectivity index (χ1n) is 8.36. The lowest BCUT2D eigenvalue weighted by molar-refractivity contribution is 0.203. The summed E-state index contributed by atoms with van der Waals surface area (Å²) in [6.07, 6.45) is 0. The van der Waals surface area contributed by atoms with Gasteiger partial charge in [0.15, 0.2) is 0 Å². The van der Waals surface area contributed by atoms with E-state index in [9.17, 15) is 0 Å². The van der Waals surface area contributed by atoms with Crippen molar-refractivity contribution in [3.05, 3.63) is 66.7 Å². The maximum absolute atomic E-state index is 9.12. The minimum atomic E-state index is -0.0108. The fourth-order valence-electron chi connectivity index (χ4n) is 3.61. The van der Waals surface area contributed by atoms with E-state index >= 15 is 0 Å². The van der Waals surface area contributed by atoms with Crippen LogP contribution in [0, 0.1) is 0 Å². The number of hydrogen-bond donors (Lipinski definition) is 1. The van der Waals surface area contributed by atoms with Crippen LogP contribution in [0.3, 0.4) is 0 Å². The van der Waals surface area contributed by atoms with Crippen molar-refractivity contribution < 1.29 is 14.3 Å². The minimum Gasteiger partial charge on any atom is -0.491 e. The van der Waals surface area contributed by atoms with Crippen LogP contribution in [0.2, 0.25) is 0 Å². The molecule has 3 heteroatoms. The van der Waals surface area contributed by atoms with E-state index in [2.05, 4.69) is 30.3 Å². The van der Waals surface area contributed by atoms with E-state index in [0.29, 0.717) is 0 Å². The summed E-state index contributed by atoms with van der Waals surface area (Å²) in [6, 6.07) is 22.5. The Morgan fingerprint density at radius 1 is 0.760 bits per heavy atom. The summed E-state index contributed by atoms with van der Waals surface area (Å²) in [6.45, 7) is 0.261. The number of aliphatic hydroxyl groups excluding tert-OH is 1. The van der Waals surface area contributed by atoms with Crippen LogP contribution >= 0.6 is 0 Å². The molecule has 122 valence electrons. The monoisotopic (exact) mass is 328 g/mol. The van der Waals surface area contributed by atoms with Crippen LogP contribution in [0.1, 0.15) is 0 Å². The molecule has 5 rings (SSSR count). The molecule has 0 aliphatic rings. The zero-order valence-corrected chi connectivity index (χ0v) is 13.5. The topological polar surface area (TPSA) is 42.6 Å². The van der Waals surface area contributed by atoms with Crippen molar-refractivity contribution in [1.82, 2.24) is 0 Å². The Balaban J connectivity index is 1.96. The zero-order valence-electron chi connectivity index (χ0n) is 13.5. The molecule has 0 amide bonds. The van der Waals surface area contributed by atoms with Crippen molar-refractivity contribution in [2.75, 3.05) is 13.2 Å². The van der Waals surface area contributed by atoms with Gasteiger partial charge in [0, 0.05) is 21.5 Å². The molecule has 0 saturated carbocycles. The van der Waals surface area contributed by atoms with Crippen LogP contribution in [0.4, 0.5) is 0 Å². The predicted octanol–water partition coefficient (Wildman–Crippen LogP) is 5.26. The fraction of sp³-hybridized carbons (Fsp3) is 0.0909. The van der Waals surface area contributed by atoms with Crippen LogP contribution in [-0.4, -0.2) is 18.3 Å². The number of aliphatic hydroxyl groups is 1. The second-order valence-electron chi connectivity index (χ2n) is 6.13. The molecule has 0 aliphatic carbocycles. The van der Waals surface area contributed by atoms with Crippen LogP contribution < -0.4 is 4.74 Å². The van der Waals surface area contributed by atoms with E-state index in [1.807, 2.05) is 36.4 Å². The lowest BCUT2D eigenvalue weighted by Gasteiger charge is -2.09. The van der Waals surface area contributed by atoms with Crippen molar-refractivity contribution in [3.8, 4) is 5.75 Å². The van der Waals surface area contributed by atoms with Gasteiger partial charge in [-0.05, 0) is 29.0 Å². The minimum absolute atomic E-state index is 0.0108. The van der Waals surface area contributed by atoms with Gasteiger partial charge in [-0.2, -0.15) is 0 Å². The lowest BCUT2D eigenvalue weighted by Crippen LogP contribution is -2.01. The third-order valence-electron chi connectivity index (χ3n) is 4.68. The molecule has 25 heavy (non-hydrogen) atoms. The zero-order chi connectivity index (χ0) is 16.8. The molecule has 1 N–H and O–H groups in total. The highest BCUT2D eigenvalue weighted by atomic mass is 16.5. The lowest BCUT2D eigenvalue weighted by atomic mass is 10.0. The predicted molar refractivity (Wildman–Crippen MR) is 101 cm³/mol. The Morgan fingerprint density at radius 2 is 1.60 bits per heavy atom. The van der Waals surface area contributed by atoms with Crippen molar-refractivity contribution >= 4 is 43.5 Å². The third-order valence-corrected chi connectivity index (χ3v) is 4.68. The summed E-state index contributed by atoms with van der Waals surface area (Å²) in [5, 5.41) is 15.7. The second-order valence-corrected chi connectivity index (χ2v) is 6.13. The van der Waals surface area contributed by atoms with Gasteiger partial charge in [0.1, 0.15) is 23.5 Å². The third kappa shape index (κ3) is 2.10. The van der Waals surface area contributed by atoms with E-state index in [1.165, 1.54) is 0 Å². The van der Waals surface area contributed by atoms with Crippen molar-refractivity contribution in [2.45, 2.75) is 0 Å². The van der Waals surface area contributed by atoms with Gasteiger partial charge in [0.25, 0.3) is 0 Å². The van der Waals surface area contributed by atoms with E-state index in [1.54, 1.807) is 0 Å². The molecule has 0 saturated heterocycles. The number of benzene rings is 4. The molecule has 0 bridgehead atoms.